The van der Waals surface area contributed by atoms with E-state index in [1.54, 1.807) is 6.07 Å². The van der Waals surface area contributed by atoms with Gasteiger partial charge in [0.2, 0.25) is 0 Å². The monoisotopic (exact) mass is 235 g/mol. The van der Waals surface area contributed by atoms with E-state index in [9.17, 15) is 9.90 Å². The summed E-state index contributed by atoms with van der Waals surface area (Å²) in [4.78, 5) is 15.8. The molecule has 1 aliphatic rings. The Kier molecular flexibility index (Phi) is 3.58. The largest absolute Gasteiger partial charge is 0.399 e. The summed E-state index contributed by atoms with van der Waals surface area (Å²) in [5.74, 6) is -0.275. The highest BCUT2D eigenvalue weighted by Crippen LogP contribution is 2.18. The predicted molar refractivity (Wildman–Crippen MR) is 64.4 cm³/mol. The van der Waals surface area contributed by atoms with Gasteiger partial charge in [0.1, 0.15) is 5.69 Å². The third-order valence-electron chi connectivity index (χ3n) is 3.06. The number of hydrogen-bond acceptors (Lipinski definition) is 4. The van der Waals surface area contributed by atoms with Gasteiger partial charge in [0.05, 0.1) is 12.1 Å². The topological polar surface area (TPSA) is 88.2 Å². The van der Waals surface area contributed by atoms with Crippen LogP contribution in [-0.2, 0) is 0 Å². The van der Waals surface area contributed by atoms with E-state index in [-0.39, 0.29) is 11.9 Å². The third kappa shape index (κ3) is 2.94. The fraction of sp³-hybridized carbons (Fsp3) is 0.500. The van der Waals surface area contributed by atoms with E-state index in [1.165, 1.54) is 12.3 Å². The number of aliphatic hydroxyl groups excluding tert-OH is 1. The van der Waals surface area contributed by atoms with Crippen molar-refractivity contribution in [2.24, 2.45) is 0 Å². The van der Waals surface area contributed by atoms with Gasteiger partial charge in [0.25, 0.3) is 5.91 Å². The van der Waals surface area contributed by atoms with Crippen LogP contribution in [-0.4, -0.2) is 28.1 Å². The molecule has 2 atom stereocenters. The van der Waals surface area contributed by atoms with Crippen molar-refractivity contribution in [2.75, 3.05) is 5.73 Å². The Hall–Kier alpha value is -1.62. The highest BCUT2D eigenvalue weighted by Gasteiger charge is 2.25. The first-order valence-corrected chi connectivity index (χ1v) is 5.87. The van der Waals surface area contributed by atoms with E-state index in [1.807, 2.05) is 0 Å². The van der Waals surface area contributed by atoms with Crippen LogP contribution in [0.5, 0.6) is 0 Å². The molecule has 1 aliphatic carbocycles. The van der Waals surface area contributed by atoms with Crippen LogP contribution in [0.25, 0.3) is 0 Å². The van der Waals surface area contributed by atoms with Gasteiger partial charge in [-0.05, 0) is 25.0 Å². The Labute approximate surface area is 100 Å². The lowest BCUT2D eigenvalue weighted by Gasteiger charge is -2.28. The molecular weight excluding hydrogens is 218 g/mol. The molecular formula is C12H17N3O2. The molecule has 17 heavy (non-hydrogen) atoms. The van der Waals surface area contributed by atoms with Crippen LogP contribution in [0.15, 0.2) is 18.3 Å². The first kappa shape index (κ1) is 11.9. The molecule has 1 aromatic heterocycles. The average Bonchev–Trinajstić information content (AvgIpc) is 2.32. The maximum atomic E-state index is 11.9. The number of carbonyl (C=O) groups excluding carboxylic acids is 1. The maximum Gasteiger partial charge on any atom is 0.270 e. The van der Waals surface area contributed by atoms with Gasteiger partial charge in [0, 0.05) is 11.9 Å². The van der Waals surface area contributed by atoms with E-state index < -0.39 is 6.10 Å². The number of nitrogens with one attached hydrogen (secondary N) is 1. The third-order valence-corrected chi connectivity index (χ3v) is 3.06. The fourth-order valence-electron chi connectivity index (χ4n) is 2.09. The molecule has 0 aliphatic heterocycles. The van der Waals surface area contributed by atoms with E-state index in [0.717, 1.165) is 25.7 Å². The van der Waals surface area contributed by atoms with Crippen molar-refractivity contribution >= 4 is 11.6 Å². The lowest BCUT2D eigenvalue weighted by Crippen LogP contribution is -2.45. The molecule has 1 amide bonds. The van der Waals surface area contributed by atoms with Crippen LogP contribution in [0.3, 0.4) is 0 Å². The molecule has 5 nitrogen and oxygen atoms in total. The second-order valence-corrected chi connectivity index (χ2v) is 4.41. The van der Waals surface area contributed by atoms with Crippen molar-refractivity contribution in [2.45, 2.75) is 37.8 Å². The summed E-state index contributed by atoms with van der Waals surface area (Å²) in [6.45, 7) is 0. The highest BCUT2D eigenvalue weighted by molar-refractivity contribution is 5.93. The minimum Gasteiger partial charge on any atom is -0.399 e. The Morgan fingerprint density at radius 2 is 2.24 bits per heavy atom. The number of nitrogen functional groups attached to an aromatic ring is 1. The number of hydrogen-bond donors (Lipinski definition) is 3. The lowest BCUT2D eigenvalue weighted by atomic mass is 9.92. The van der Waals surface area contributed by atoms with E-state index in [4.69, 9.17) is 5.73 Å². The number of carbonyl (C=O) groups is 1. The van der Waals surface area contributed by atoms with Gasteiger partial charge in [-0.25, -0.2) is 0 Å². The molecule has 1 aromatic rings. The fourth-order valence-corrected chi connectivity index (χ4v) is 2.09. The highest BCUT2D eigenvalue weighted by atomic mass is 16.3. The maximum absolute atomic E-state index is 11.9. The molecule has 1 heterocycles. The number of anilines is 1. The molecule has 0 bridgehead atoms. The standard InChI is InChI=1S/C12H17N3O2/c13-8-5-6-14-10(7-8)12(17)15-9-3-1-2-4-11(9)16/h5-7,9,11,16H,1-4H2,(H2,13,14)(H,15,17). The number of pyridine rings is 1. The number of nitrogens with zero attached hydrogens (tertiary/aromatic N) is 1. The summed E-state index contributed by atoms with van der Waals surface area (Å²) in [7, 11) is 0. The number of aliphatic hydroxyl groups is 1. The normalized spacial score (nSPS) is 24.3. The van der Waals surface area contributed by atoms with Crippen molar-refractivity contribution in [1.29, 1.82) is 0 Å². The van der Waals surface area contributed by atoms with Gasteiger partial charge >= 0.3 is 0 Å². The molecule has 92 valence electrons. The van der Waals surface area contributed by atoms with E-state index in [0.29, 0.717) is 11.4 Å². The first-order chi connectivity index (χ1) is 8.16. The van der Waals surface area contributed by atoms with Crippen molar-refractivity contribution in [3.05, 3.63) is 24.0 Å². The van der Waals surface area contributed by atoms with Crippen molar-refractivity contribution in [3.63, 3.8) is 0 Å². The Morgan fingerprint density at radius 1 is 1.47 bits per heavy atom. The molecule has 0 saturated heterocycles. The zero-order chi connectivity index (χ0) is 12.3. The number of nitrogens with two attached hydrogens (primary N) is 1. The van der Waals surface area contributed by atoms with Crippen LogP contribution >= 0.6 is 0 Å². The van der Waals surface area contributed by atoms with Crippen LogP contribution < -0.4 is 11.1 Å². The summed E-state index contributed by atoms with van der Waals surface area (Å²) in [5.41, 5.74) is 6.39. The Bertz CT molecular complexity index is 408. The molecule has 1 fully saturated rings. The molecule has 2 unspecified atom stereocenters. The summed E-state index contributed by atoms with van der Waals surface area (Å²) in [6, 6.07) is 3.00. The molecule has 0 radical (unpaired) electrons. The van der Waals surface area contributed by atoms with Crippen LogP contribution in [0.1, 0.15) is 36.2 Å². The Balaban J connectivity index is 2.01. The zero-order valence-electron chi connectivity index (χ0n) is 9.60. The molecule has 2 rings (SSSR count). The number of rotatable bonds is 2. The van der Waals surface area contributed by atoms with Gasteiger partial charge < -0.3 is 16.2 Å². The SMILES string of the molecule is Nc1ccnc(C(=O)NC2CCCCC2O)c1. The van der Waals surface area contributed by atoms with Crippen LogP contribution in [0, 0.1) is 0 Å². The van der Waals surface area contributed by atoms with Crippen LogP contribution in [0.4, 0.5) is 5.69 Å². The number of aromatic nitrogens is 1. The second-order valence-electron chi connectivity index (χ2n) is 4.41. The smallest absolute Gasteiger partial charge is 0.270 e. The van der Waals surface area contributed by atoms with Gasteiger partial charge in [-0.15, -0.1) is 0 Å². The lowest BCUT2D eigenvalue weighted by molar-refractivity contribution is 0.0714. The van der Waals surface area contributed by atoms with Gasteiger partial charge in [-0.1, -0.05) is 12.8 Å². The summed E-state index contributed by atoms with van der Waals surface area (Å²) in [6.07, 6.45) is 4.66. The van der Waals surface area contributed by atoms with Gasteiger partial charge in [-0.3, -0.25) is 9.78 Å². The Morgan fingerprint density at radius 3 is 2.94 bits per heavy atom. The predicted octanol–water partition coefficient (Wildman–Crippen LogP) is 0.697. The molecule has 5 heteroatoms. The summed E-state index contributed by atoms with van der Waals surface area (Å²) in [5, 5.41) is 12.6. The molecule has 4 N–H and O–H groups in total. The van der Waals surface area contributed by atoms with E-state index >= 15 is 0 Å². The van der Waals surface area contributed by atoms with Crippen molar-refractivity contribution in [3.8, 4) is 0 Å². The molecule has 0 spiro atoms. The molecule has 1 saturated carbocycles. The number of amides is 1. The quantitative estimate of drug-likeness (QED) is 0.704. The van der Waals surface area contributed by atoms with Crippen molar-refractivity contribution < 1.29 is 9.90 Å². The van der Waals surface area contributed by atoms with E-state index in [2.05, 4.69) is 10.3 Å². The minimum atomic E-state index is -0.450. The minimum absolute atomic E-state index is 0.167. The second kappa shape index (κ2) is 5.14. The summed E-state index contributed by atoms with van der Waals surface area (Å²) < 4.78 is 0. The van der Waals surface area contributed by atoms with Gasteiger partial charge in [0.15, 0.2) is 0 Å². The average molecular weight is 235 g/mol. The molecule has 0 aromatic carbocycles. The van der Waals surface area contributed by atoms with Crippen molar-refractivity contribution in [1.82, 2.24) is 10.3 Å². The van der Waals surface area contributed by atoms with Gasteiger partial charge in [-0.2, -0.15) is 0 Å². The summed E-state index contributed by atoms with van der Waals surface area (Å²) >= 11 is 0. The van der Waals surface area contributed by atoms with Crippen LogP contribution in [0.2, 0.25) is 0 Å². The zero-order valence-corrected chi connectivity index (χ0v) is 9.60. The first-order valence-electron chi connectivity index (χ1n) is 5.87.